The molecule has 42 heavy (non-hydrogen) atoms. The van der Waals surface area contributed by atoms with Gasteiger partial charge in [-0.15, -0.1) is 0 Å². The predicted octanol–water partition coefficient (Wildman–Crippen LogP) is 3.36. The predicted molar refractivity (Wildman–Crippen MR) is 170 cm³/mol. The Kier molecular flexibility index (Phi) is 13.8. The van der Waals surface area contributed by atoms with Gasteiger partial charge in [0.1, 0.15) is 18.8 Å². The summed E-state index contributed by atoms with van der Waals surface area (Å²) in [7, 11) is 1.60. The lowest BCUT2D eigenvalue weighted by Gasteiger charge is -2.22. The van der Waals surface area contributed by atoms with Crippen LogP contribution in [0.15, 0.2) is 78.9 Å². The van der Waals surface area contributed by atoms with E-state index in [9.17, 15) is 19.2 Å². The molecule has 3 aromatic rings. The minimum absolute atomic E-state index is 0.0867. The highest BCUT2D eigenvalue weighted by molar-refractivity contribution is 14.1. The maximum absolute atomic E-state index is 13.1. The first-order chi connectivity index (χ1) is 20.3. The second-order valence-corrected chi connectivity index (χ2v) is 10.9. The molecule has 3 aromatic carbocycles. The molecule has 0 fully saturated rings. The first-order valence-electron chi connectivity index (χ1n) is 13.9. The SMILES string of the molecule is COc1ccc(CCNC(=O)CN(CC(=O)NCCc2ccccc2)C(=O)CCCNC(=O)c2ccc(I)cc2)cc1. The molecule has 10 heteroatoms. The van der Waals surface area contributed by atoms with E-state index in [1.54, 1.807) is 19.2 Å². The van der Waals surface area contributed by atoms with E-state index in [2.05, 4.69) is 38.5 Å². The quantitative estimate of drug-likeness (QED) is 0.158. The Balaban J connectivity index is 1.48. The smallest absolute Gasteiger partial charge is 0.251 e. The largest absolute Gasteiger partial charge is 0.497 e. The van der Waals surface area contributed by atoms with Crippen LogP contribution in [0.4, 0.5) is 0 Å². The van der Waals surface area contributed by atoms with Crippen molar-refractivity contribution in [3.63, 3.8) is 0 Å². The van der Waals surface area contributed by atoms with E-state index in [1.807, 2.05) is 66.7 Å². The molecule has 0 heterocycles. The summed E-state index contributed by atoms with van der Waals surface area (Å²) in [5, 5.41) is 8.48. The van der Waals surface area contributed by atoms with Crippen molar-refractivity contribution >= 4 is 46.2 Å². The molecule has 3 rings (SSSR count). The van der Waals surface area contributed by atoms with Crippen molar-refractivity contribution in [3.8, 4) is 5.75 Å². The zero-order valence-electron chi connectivity index (χ0n) is 23.7. The molecule has 0 bridgehead atoms. The van der Waals surface area contributed by atoms with Gasteiger partial charge in [-0.05, 0) is 89.4 Å². The van der Waals surface area contributed by atoms with Crippen molar-refractivity contribution in [2.24, 2.45) is 0 Å². The van der Waals surface area contributed by atoms with Gasteiger partial charge in [-0.2, -0.15) is 0 Å². The van der Waals surface area contributed by atoms with Crippen molar-refractivity contribution in [3.05, 3.63) is 99.1 Å². The number of rotatable bonds is 16. The molecule has 222 valence electrons. The Morgan fingerprint density at radius 1 is 0.714 bits per heavy atom. The number of amides is 4. The Hall–Kier alpha value is -3.93. The lowest BCUT2D eigenvalue weighted by atomic mass is 10.1. The molecule has 0 aromatic heterocycles. The summed E-state index contributed by atoms with van der Waals surface area (Å²) in [6.45, 7) is 0.642. The van der Waals surface area contributed by atoms with Crippen LogP contribution in [0, 0.1) is 3.57 Å². The lowest BCUT2D eigenvalue weighted by molar-refractivity contribution is -0.139. The van der Waals surface area contributed by atoms with Gasteiger partial charge in [-0.1, -0.05) is 42.5 Å². The van der Waals surface area contributed by atoms with Crippen LogP contribution in [0.5, 0.6) is 5.75 Å². The number of hydrogen-bond donors (Lipinski definition) is 3. The van der Waals surface area contributed by atoms with Crippen molar-refractivity contribution in [2.75, 3.05) is 39.8 Å². The maximum Gasteiger partial charge on any atom is 0.251 e. The van der Waals surface area contributed by atoms with E-state index in [0.29, 0.717) is 44.5 Å². The number of carbonyl (C=O) groups is 4. The Morgan fingerprint density at radius 2 is 1.29 bits per heavy atom. The van der Waals surface area contributed by atoms with E-state index in [4.69, 9.17) is 4.74 Å². The Bertz CT molecular complexity index is 1300. The molecule has 0 saturated heterocycles. The molecule has 0 spiro atoms. The van der Waals surface area contributed by atoms with E-state index in [0.717, 1.165) is 20.4 Å². The van der Waals surface area contributed by atoms with Crippen molar-refractivity contribution in [1.29, 1.82) is 0 Å². The van der Waals surface area contributed by atoms with Crippen LogP contribution in [-0.2, 0) is 27.2 Å². The molecule has 3 N–H and O–H groups in total. The standard InChI is InChI=1S/C32H37IN4O5/c1-42-28-15-9-25(10-16-28)18-21-35-30(39)23-37(22-29(38)34-20-17-24-6-3-2-4-7-24)31(40)8-5-19-36-32(41)26-11-13-27(33)14-12-26/h2-4,6-7,9-16H,5,8,17-23H2,1H3,(H,34,38)(H,35,39)(H,36,41). The second kappa shape index (κ2) is 17.8. The Labute approximate surface area is 260 Å². The summed E-state index contributed by atoms with van der Waals surface area (Å²) in [6.07, 6.45) is 1.74. The summed E-state index contributed by atoms with van der Waals surface area (Å²) in [4.78, 5) is 52.1. The first-order valence-corrected chi connectivity index (χ1v) is 14.9. The summed E-state index contributed by atoms with van der Waals surface area (Å²) < 4.78 is 6.20. The zero-order chi connectivity index (χ0) is 30.2. The van der Waals surface area contributed by atoms with Crippen LogP contribution in [0.25, 0.3) is 0 Å². The number of nitrogens with zero attached hydrogens (tertiary/aromatic N) is 1. The monoisotopic (exact) mass is 684 g/mol. The molecule has 0 aliphatic rings. The van der Waals surface area contributed by atoms with Gasteiger partial charge >= 0.3 is 0 Å². The number of carbonyl (C=O) groups excluding carboxylic acids is 4. The third-order valence-corrected chi connectivity index (χ3v) is 7.17. The number of methoxy groups -OCH3 is 1. The van der Waals surface area contributed by atoms with Crippen LogP contribution >= 0.6 is 22.6 Å². The van der Waals surface area contributed by atoms with Crippen LogP contribution in [0.2, 0.25) is 0 Å². The van der Waals surface area contributed by atoms with E-state index in [-0.39, 0.29) is 43.1 Å². The zero-order valence-corrected chi connectivity index (χ0v) is 25.9. The van der Waals surface area contributed by atoms with Gasteiger partial charge in [0.25, 0.3) is 5.91 Å². The second-order valence-electron chi connectivity index (χ2n) is 9.65. The number of halogens is 1. The molecule has 0 aliphatic carbocycles. The summed E-state index contributed by atoms with van der Waals surface area (Å²) in [6, 6.07) is 24.5. The highest BCUT2D eigenvalue weighted by atomic mass is 127. The van der Waals surface area contributed by atoms with Gasteiger partial charge in [-0.25, -0.2) is 0 Å². The van der Waals surface area contributed by atoms with Gasteiger partial charge in [0.2, 0.25) is 17.7 Å². The fourth-order valence-electron chi connectivity index (χ4n) is 4.12. The summed E-state index contributed by atoms with van der Waals surface area (Å²) in [5.41, 5.74) is 2.67. The average Bonchev–Trinajstić information content (AvgIpc) is 3.00. The fourth-order valence-corrected chi connectivity index (χ4v) is 4.48. The van der Waals surface area contributed by atoms with Gasteiger partial charge in [0.05, 0.1) is 7.11 Å². The minimum atomic E-state index is -0.346. The molecule has 0 unspecified atom stereocenters. The van der Waals surface area contributed by atoms with E-state index < -0.39 is 0 Å². The van der Waals surface area contributed by atoms with Crippen LogP contribution in [0.3, 0.4) is 0 Å². The van der Waals surface area contributed by atoms with Crippen molar-refractivity contribution in [1.82, 2.24) is 20.9 Å². The van der Waals surface area contributed by atoms with E-state index >= 15 is 0 Å². The van der Waals surface area contributed by atoms with Gasteiger partial charge in [0, 0.05) is 35.2 Å². The number of nitrogens with one attached hydrogen (secondary N) is 3. The normalized spacial score (nSPS) is 10.4. The van der Waals surface area contributed by atoms with Crippen LogP contribution in [-0.4, -0.2) is 68.4 Å². The molecular weight excluding hydrogens is 647 g/mol. The number of benzene rings is 3. The molecule has 0 saturated carbocycles. The van der Waals surface area contributed by atoms with Gasteiger partial charge in [0.15, 0.2) is 0 Å². The van der Waals surface area contributed by atoms with Crippen molar-refractivity contribution < 1.29 is 23.9 Å². The maximum atomic E-state index is 13.1. The molecule has 0 atom stereocenters. The van der Waals surface area contributed by atoms with Gasteiger partial charge < -0.3 is 25.6 Å². The summed E-state index contributed by atoms with van der Waals surface area (Å²) in [5.74, 6) is -0.474. The average molecular weight is 685 g/mol. The summed E-state index contributed by atoms with van der Waals surface area (Å²) >= 11 is 2.17. The molecule has 0 aliphatic heterocycles. The molecule has 4 amide bonds. The third kappa shape index (κ3) is 11.9. The highest BCUT2D eigenvalue weighted by Crippen LogP contribution is 2.11. The third-order valence-electron chi connectivity index (χ3n) is 6.45. The minimum Gasteiger partial charge on any atom is -0.497 e. The number of hydrogen-bond acceptors (Lipinski definition) is 5. The molecular formula is C32H37IN4O5. The highest BCUT2D eigenvalue weighted by Gasteiger charge is 2.20. The number of ether oxygens (including phenoxy) is 1. The molecule has 0 radical (unpaired) electrons. The van der Waals surface area contributed by atoms with E-state index in [1.165, 1.54) is 4.90 Å². The fraction of sp³-hybridized carbons (Fsp3) is 0.312. The Morgan fingerprint density at radius 3 is 1.86 bits per heavy atom. The molecule has 9 nitrogen and oxygen atoms in total. The topological polar surface area (TPSA) is 117 Å². The lowest BCUT2D eigenvalue weighted by Crippen LogP contribution is -2.46. The van der Waals surface area contributed by atoms with Crippen LogP contribution in [0.1, 0.15) is 34.3 Å². The van der Waals surface area contributed by atoms with Crippen LogP contribution < -0.4 is 20.7 Å². The van der Waals surface area contributed by atoms with Crippen molar-refractivity contribution in [2.45, 2.75) is 25.7 Å². The first kappa shape index (κ1) is 32.6. The van der Waals surface area contributed by atoms with Gasteiger partial charge in [-0.3, -0.25) is 19.2 Å².